The number of ether oxygens (including phenoxy) is 2. The van der Waals surface area contributed by atoms with Crippen molar-refractivity contribution in [1.82, 2.24) is 0 Å². The number of morpholine rings is 1. The summed E-state index contributed by atoms with van der Waals surface area (Å²) < 4.78 is 11.6. The fourth-order valence-electron chi connectivity index (χ4n) is 3.06. The summed E-state index contributed by atoms with van der Waals surface area (Å²) in [6.45, 7) is 13.0. The summed E-state index contributed by atoms with van der Waals surface area (Å²) in [7, 11) is 0. The molecule has 1 aromatic rings. The third-order valence-electron chi connectivity index (χ3n) is 4.29. The molecule has 1 fully saturated rings. The van der Waals surface area contributed by atoms with Crippen molar-refractivity contribution in [3.63, 3.8) is 0 Å². The zero-order chi connectivity index (χ0) is 15.2. The molecule has 118 valence electrons. The van der Waals surface area contributed by atoms with Crippen LogP contribution in [0, 0.1) is 13.8 Å². The van der Waals surface area contributed by atoms with E-state index in [1.807, 2.05) is 0 Å². The van der Waals surface area contributed by atoms with Crippen LogP contribution in [0.3, 0.4) is 0 Å². The molecule has 3 atom stereocenters. The fraction of sp³-hybridized carbons (Fsp3) is 0.667. The van der Waals surface area contributed by atoms with Gasteiger partial charge in [-0.15, -0.1) is 0 Å². The normalized spacial score (nSPS) is 25.8. The molecular weight excluding hydrogens is 262 g/mol. The molecule has 0 amide bonds. The maximum absolute atomic E-state index is 5.84. The van der Waals surface area contributed by atoms with Crippen molar-refractivity contribution < 1.29 is 14.4 Å². The Hall–Kier alpha value is -1.06. The van der Waals surface area contributed by atoms with E-state index in [-0.39, 0.29) is 0 Å². The van der Waals surface area contributed by atoms with Crippen LogP contribution in [0.4, 0.5) is 0 Å². The maximum atomic E-state index is 5.84. The summed E-state index contributed by atoms with van der Waals surface area (Å²) in [5.74, 6) is 0.999. The van der Waals surface area contributed by atoms with Gasteiger partial charge in [-0.25, -0.2) is 0 Å². The average molecular weight is 292 g/mol. The van der Waals surface area contributed by atoms with Crippen molar-refractivity contribution in [3.8, 4) is 5.75 Å². The van der Waals surface area contributed by atoms with Crippen LogP contribution in [0.1, 0.15) is 37.8 Å². The van der Waals surface area contributed by atoms with Gasteiger partial charge >= 0.3 is 0 Å². The third kappa shape index (κ3) is 5.33. The lowest BCUT2D eigenvalue weighted by atomic mass is 10.1. The number of unbranched alkanes of at least 4 members (excludes halogenated alkanes) is 1. The van der Waals surface area contributed by atoms with Crippen molar-refractivity contribution in [2.45, 2.75) is 52.7 Å². The van der Waals surface area contributed by atoms with Crippen molar-refractivity contribution in [2.24, 2.45) is 0 Å². The number of hydrogen-bond donors (Lipinski definition) is 1. The minimum Gasteiger partial charge on any atom is -0.494 e. The summed E-state index contributed by atoms with van der Waals surface area (Å²) in [6, 6.07) is 6.33. The zero-order valence-corrected chi connectivity index (χ0v) is 13.9. The van der Waals surface area contributed by atoms with Crippen LogP contribution in [-0.2, 0) is 4.74 Å². The van der Waals surface area contributed by atoms with Gasteiger partial charge in [0.05, 0.1) is 13.2 Å². The smallest absolute Gasteiger partial charge is 0.119 e. The van der Waals surface area contributed by atoms with Crippen molar-refractivity contribution in [2.75, 3.05) is 26.2 Å². The highest BCUT2D eigenvalue weighted by molar-refractivity contribution is 5.33. The van der Waals surface area contributed by atoms with E-state index >= 15 is 0 Å². The van der Waals surface area contributed by atoms with Gasteiger partial charge in [0.25, 0.3) is 0 Å². The second-order valence-electron chi connectivity index (χ2n) is 6.47. The monoisotopic (exact) mass is 292 g/mol. The van der Waals surface area contributed by atoms with Gasteiger partial charge in [0.15, 0.2) is 0 Å². The van der Waals surface area contributed by atoms with Gasteiger partial charge < -0.3 is 14.4 Å². The highest BCUT2D eigenvalue weighted by atomic mass is 16.5. The molecular formula is C18H30NO2+. The molecule has 0 saturated carbocycles. The molecule has 0 bridgehead atoms. The van der Waals surface area contributed by atoms with E-state index in [1.54, 1.807) is 4.90 Å². The Bertz CT molecular complexity index is 437. The first-order valence-electron chi connectivity index (χ1n) is 8.23. The van der Waals surface area contributed by atoms with Gasteiger partial charge in [-0.1, -0.05) is 6.07 Å². The van der Waals surface area contributed by atoms with Crippen molar-refractivity contribution >= 4 is 0 Å². The number of aryl methyl sites for hydroxylation is 2. The predicted molar refractivity (Wildman–Crippen MR) is 86.2 cm³/mol. The van der Waals surface area contributed by atoms with Crippen molar-refractivity contribution in [3.05, 3.63) is 29.3 Å². The van der Waals surface area contributed by atoms with Gasteiger partial charge in [-0.3, -0.25) is 0 Å². The van der Waals surface area contributed by atoms with Crippen molar-refractivity contribution in [1.29, 1.82) is 0 Å². The second-order valence-corrected chi connectivity index (χ2v) is 6.47. The maximum Gasteiger partial charge on any atom is 0.119 e. The molecule has 1 aliphatic heterocycles. The Morgan fingerprint density at radius 1 is 1.10 bits per heavy atom. The first-order valence-corrected chi connectivity index (χ1v) is 8.23. The Kier molecular flexibility index (Phi) is 6.07. The molecule has 3 nitrogen and oxygen atoms in total. The van der Waals surface area contributed by atoms with Gasteiger partial charge in [-0.2, -0.15) is 0 Å². The van der Waals surface area contributed by atoms with Gasteiger partial charge in [0.2, 0.25) is 0 Å². The summed E-state index contributed by atoms with van der Waals surface area (Å²) >= 11 is 0. The highest BCUT2D eigenvalue weighted by Gasteiger charge is 2.24. The van der Waals surface area contributed by atoms with Gasteiger partial charge in [-0.05, 0) is 63.8 Å². The summed E-state index contributed by atoms with van der Waals surface area (Å²) in [5, 5.41) is 0. The zero-order valence-electron chi connectivity index (χ0n) is 13.9. The number of hydrogen-bond acceptors (Lipinski definition) is 2. The molecule has 0 aliphatic carbocycles. The molecule has 0 spiro atoms. The van der Waals surface area contributed by atoms with Crippen LogP contribution >= 0.6 is 0 Å². The van der Waals surface area contributed by atoms with Crippen LogP contribution < -0.4 is 9.64 Å². The molecule has 1 N–H and O–H groups in total. The number of nitrogens with one attached hydrogen (secondary N) is 1. The first-order chi connectivity index (χ1) is 10.0. The summed E-state index contributed by atoms with van der Waals surface area (Å²) in [6.07, 6.45) is 3.14. The molecule has 0 aromatic heterocycles. The molecule has 1 heterocycles. The van der Waals surface area contributed by atoms with Crippen LogP contribution in [0.15, 0.2) is 18.2 Å². The van der Waals surface area contributed by atoms with E-state index < -0.39 is 0 Å². The van der Waals surface area contributed by atoms with Gasteiger partial charge in [0.1, 0.15) is 31.0 Å². The number of benzene rings is 1. The fourth-order valence-corrected chi connectivity index (χ4v) is 3.06. The Balaban J connectivity index is 1.62. The molecule has 2 rings (SSSR count). The van der Waals surface area contributed by atoms with E-state index in [4.69, 9.17) is 9.47 Å². The van der Waals surface area contributed by atoms with E-state index in [0.717, 1.165) is 31.9 Å². The molecule has 0 radical (unpaired) electrons. The summed E-state index contributed by atoms with van der Waals surface area (Å²) in [4.78, 5) is 1.67. The van der Waals surface area contributed by atoms with Crippen LogP contribution in [-0.4, -0.2) is 38.4 Å². The lowest BCUT2D eigenvalue weighted by Crippen LogP contribution is -3.15. The Morgan fingerprint density at radius 2 is 1.81 bits per heavy atom. The third-order valence-corrected chi connectivity index (χ3v) is 4.29. The van der Waals surface area contributed by atoms with Crippen LogP contribution in [0.2, 0.25) is 0 Å². The molecule has 21 heavy (non-hydrogen) atoms. The standard InChI is InChI=1S/C18H29NO2/c1-14-7-8-18(11-15(14)2)20-10-6-5-9-19-12-16(3)21-17(4)13-19/h7-8,11,16-17H,5-6,9-10,12-13H2,1-4H3/p+1/t16-,17+. The van der Waals surface area contributed by atoms with Crippen LogP contribution in [0.25, 0.3) is 0 Å². The van der Waals surface area contributed by atoms with Crippen LogP contribution in [0.5, 0.6) is 5.75 Å². The van der Waals surface area contributed by atoms with Gasteiger partial charge in [0, 0.05) is 0 Å². The molecule has 1 unspecified atom stereocenters. The summed E-state index contributed by atoms with van der Waals surface area (Å²) in [5.41, 5.74) is 2.62. The highest BCUT2D eigenvalue weighted by Crippen LogP contribution is 2.16. The Morgan fingerprint density at radius 3 is 2.48 bits per heavy atom. The lowest BCUT2D eigenvalue weighted by Gasteiger charge is -2.32. The quantitative estimate of drug-likeness (QED) is 0.812. The van der Waals surface area contributed by atoms with E-state index in [2.05, 4.69) is 45.9 Å². The number of rotatable bonds is 6. The molecule has 1 aromatic carbocycles. The van der Waals surface area contributed by atoms with E-state index in [0.29, 0.717) is 12.2 Å². The van der Waals surface area contributed by atoms with E-state index in [9.17, 15) is 0 Å². The Labute approximate surface area is 129 Å². The SMILES string of the molecule is Cc1ccc(OCCCC[NH+]2C[C@@H](C)O[C@@H](C)C2)cc1C. The molecule has 1 saturated heterocycles. The molecule has 1 aliphatic rings. The topological polar surface area (TPSA) is 22.9 Å². The predicted octanol–water partition coefficient (Wildman–Crippen LogP) is 2.15. The minimum atomic E-state index is 0.399. The largest absolute Gasteiger partial charge is 0.494 e. The van der Waals surface area contributed by atoms with E-state index in [1.165, 1.54) is 24.1 Å². The first kappa shape index (κ1) is 16.3. The second kappa shape index (κ2) is 7.81. The lowest BCUT2D eigenvalue weighted by molar-refractivity contribution is -0.915. The average Bonchev–Trinajstić information content (AvgIpc) is 2.41. The minimum absolute atomic E-state index is 0.399. The number of quaternary nitrogens is 1. The molecule has 3 heteroatoms.